The van der Waals surface area contributed by atoms with Crippen molar-refractivity contribution < 1.29 is 19.1 Å². The highest BCUT2D eigenvalue weighted by Crippen LogP contribution is 2.32. The first kappa shape index (κ1) is 17.5. The summed E-state index contributed by atoms with van der Waals surface area (Å²) in [5.74, 6) is 0.877. The Morgan fingerprint density at radius 1 is 1.20 bits per heavy atom. The second kappa shape index (κ2) is 6.92. The van der Waals surface area contributed by atoms with Crippen LogP contribution in [-0.2, 0) is 9.59 Å². The molecule has 2 fully saturated rings. The van der Waals surface area contributed by atoms with Crippen LogP contribution in [0.4, 0.5) is 5.69 Å². The summed E-state index contributed by atoms with van der Waals surface area (Å²) in [5.41, 5.74) is 6.05. The maximum absolute atomic E-state index is 12.7. The molecule has 1 atom stereocenters. The van der Waals surface area contributed by atoms with Gasteiger partial charge in [-0.05, 0) is 19.3 Å². The fourth-order valence-electron chi connectivity index (χ4n) is 3.55. The van der Waals surface area contributed by atoms with E-state index in [1.807, 2.05) is 0 Å². The molecule has 1 aromatic carbocycles. The molecule has 2 amide bonds. The van der Waals surface area contributed by atoms with Crippen molar-refractivity contribution in [1.29, 1.82) is 0 Å². The summed E-state index contributed by atoms with van der Waals surface area (Å²) in [4.78, 5) is 26.9. The van der Waals surface area contributed by atoms with E-state index in [9.17, 15) is 9.59 Å². The predicted octanol–water partition coefficient (Wildman–Crippen LogP) is 1.20. The SMILES string of the molecule is COc1cc(OC)cc(N2CCC(NC(=O)C3(N)CCCC3)C2=O)c1. The van der Waals surface area contributed by atoms with Crippen molar-refractivity contribution in [3.8, 4) is 11.5 Å². The first-order chi connectivity index (χ1) is 12.0. The lowest BCUT2D eigenvalue weighted by molar-refractivity contribution is -0.130. The monoisotopic (exact) mass is 347 g/mol. The van der Waals surface area contributed by atoms with Crippen molar-refractivity contribution in [1.82, 2.24) is 5.32 Å². The van der Waals surface area contributed by atoms with E-state index >= 15 is 0 Å². The lowest BCUT2D eigenvalue weighted by Crippen LogP contribution is -2.55. The number of rotatable bonds is 5. The summed E-state index contributed by atoms with van der Waals surface area (Å²) >= 11 is 0. The van der Waals surface area contributed by atoms with Crippen molar-refractivity contribution in [2.45, 2.75) is 43.7 Å². The van der Waals surface area contributed by atoms with Gasteiger partial charge in [-0.15, -0.1) is 0 Å². The fourth-order valence-corrected chi connectivity index (χ4v) is 3.55. The smallest absolute Gasteiger partial charge is 0.249 e. The maximum atomic E-state index is 12.7. The summed E-state index contributed by atoms with van der Waals surface area (Å²) < 4.78 is 10.5. The number of amides is 2. The third-order valence-electron chi connectivity index (χ3n) is 5.11. The number of nitrogens with zero attached hydrogens (tertiary/aromatic N) is 1. The molecule has 0 radical (unpaired) electrons. The predicted molar refractivity (Wildman–Crippen MR) is 93.8 cm³/mol. The number of hydrogen-bond acceptors (Lipinski definition) is 5. The van der Waals surface area contributed by atoms with Gasteiger partial charge in [-0.1, -0.05) is 12.8 Å². The largest absolute Gasteiger partial charge is 0.497 e. The van der Waals surface area contributed by atoms with E-state index in [4.69, 9.17) is 15.2 Å². The van der Waals surface area contributed by atoms with Crippen LogP contribution in [-0.4, -0.2) is 44.2 Å². The summed E-state index contributed by atoms with van der Waals surface area (Å²) in [5, 5.41) is 2.85. The van der Waals surface area contributed by atoms with Gasteiger partial charge in [-0.3, -0.25) is 9.59 Å². The molecule has 1 aliphatic heterocycles. The Balaban J connectivity index is 1.72. The number of nitrogens with two attached hydrogens (primary N) is 1. The molecule has 1 unspecified atom stereocenters. The normalized spacial score (nSPS) is 22.1. The summed E-state index contributed by atoms with van der Waals surface area (Å²) in [6.07, 6.45) is 3.82. The van der Waals surface area contributed by atoms with Crippen molar-refractivity contribution in [2.75, 3.05) is 25.7 Å². The van der Waals surface area contributed by atoms with Crippen LogP contribution in [0.1, 0.15) is 32.1 Å². The van der Waals surface area contributed by atoms with Gasteiger partial charge in [0.15, 0.2) is 0 Å². The van der Waals surface area contributed by atoms with E-state index in [2.05, 4.69) is 5.32 Å². The van der Waals surface area contributed by atoms with Gasteiger partial charge < -0.3 is 25.4 Å². The van der Waals surface area contributed by atoms with Gasteiger partial charge in [-0.25, -0.2) is 0 Å². The van der Waals surface area contributed by atoms with E-state index in [0.717, 1.165) is 12.8 Å². The number of nitrogens with one attached hydrogen (secondary N) is 1. The Labute approximate surface area is 147 Å². The topological polar surface area (TPSA) is 93.9 Å². The van der Waals surface area contributed by atoms with Crippen molar-refractivity contribution in [2.24, 2.45) is 5.73 Å². The van der Waals surface area contributed by atoms with Crippen LogP contribution in [0.25, 0.3) is 0 Å². The van der Waals surface area contributed by atoms with Gasteiger partial charge in [0.05, 0.1) is 25.4 Å². The summed E-state index contributed by atoms with van der Waals surface area (Å²) in [6, 6.07) is 4.78. The molecular weight excluding hydrogens is 322 g/mol. The number of hydrogen-bond donors (Lipinski definition) is 2. The van der Waals surface area contributed by atoms with Gasteiger partial charge >= 0.3 is 0 Å². The van der Waals surface area contributed by atoms with Crippen LogP contribution in [0, 0.1) is 0 Å². The minimum absolute atomic E-state index is 0.134. The Morgan fingerprint density at radius 2 is 1.80 bits per heavy atom. The average molecular weight is 347 g/mol. The van der Waals surface area contributed by atoms with Crippen LogP contribution in [0.3, 0.4) is 0 Å². The van der Waals surface area contributed by atoms with Crippen molar-refractivity contribution >= 4 is 17.5 Å². The van der Waals surface area contributed by atoms with Crippen LogP contribution in [0.2, 0.25) is 0 Å². The molecule has 1 aromatic rings. The van der Waals surface area contributed by atoms with E-state index in [0.29, 0.717) is 43.0 Å². The van der Waals surface area contributed by atoms with Gasteiger partial charge in [0.25, 0.3) is 0 Å². The molecule has 0 aromatic heterocycles. The van der Waals surface area contributed by atoms with Gasteiger partial charge in [0.2, 0.25) is 11.8 Å². The van der Waals surface area contributed by atoms with Crippen LogP contribution < -0.4 is 25.4 Å². The number of carbonyl (C=O) groups excluding carboxylic acids is 2. The number of ether oxygens (including phenoxy) is 2. The van der Waals surface area contributed by atoms with E-state index in [1.165, 1.54) is 0 Å². The second-order valence-corrected chi connectivity index (χ2v) is 6.74. The van der Waals surface area contributed by atoms with E-state index in [1.54, 1.807) is 37.3 Å². The molecule has 2 aliphatic rings. The van der Waals surface area contributed by atoms with E-state index in [-0.39, 0.29) is 11.8 Å². The van der Waals surface area contributed by atoms with Crippen LogP contribution in [0.15, 0.2) is 18.2 Å². The number of methoxy groups -OCH3 is 2. The summed E-state index contributed by atoms with van der Waals surface area (Å²) in [7, 11) is 3.13. The third kappa shape index (κ3) is 3.42. The molecule has 1 aliphatic carbocycles. The zero-order valence-electron chi connectivity index (χ0n) is 14.7. The number of carbonyl (C=O) groups is 2. The summed E-state index contributed by atoms with van der Waals surface area (Å²) in [6.45, 7) is 0.525. The third-order valence-corrected chi connectivity index (χ3v) is 5.11. The molecular formula is C18H25N3O4. The zero-order chi connectivity index (χ0) is 18.0. The molecule has 7 heteroatoms. The minimum Gasteiger partial charge on any atom is -0.497 e. The molecule has 25 heavy (non-hydrogen) atoms. The molecule has 1 heterocycles. The standard InChI is InChI=1S/C18H25N3O4/c1-24-13-9-12(10-14(11-13)25-2)21-8-5-15(16(21)22)20-17(23)18(19)6-3-4-7-18/h9-11,15H,3-8,19H2,1-2H3,(H,20,23). The molecule has 136 valence electrons. The number of benzene rings is 1. The molecule has 1 saturated heterocycles. The lowest BCUT2D eigenvalue weighted by atomic mass is 9.97. The Hall–Kier alpha value is -2.28. The van der Waals surface area contributed by atoms with Crippen molar-refractivity contribution in [3.05, 3.63) is 18.2 Å². The minimum atomic E-state index is -0.827. The zero-order valence-corrected chi connectivity index (χ0v) is 14.7. The van der Waals surface area contributed by atoms with E-state index < -0.39 is 11.6 Å². The first-order valence-electron chi connectivity index (χ1n) is 8.61. The van der Waals surface area contributed by atoms with Gasteiger partial charge in [0.1, 0.15) is 17.5 Å². The Kier molecular flexibility index (Phi) is 4.85. The highest BCUT2D eigenvalue weighted by molar-refractivity contribution is 6.02. The Morgan fingerprint density at radius 3 is 2.36 bits per heavy atom. The van der Waals surface area contributed by atoms with Crippen LogP contribution >= 0.6 is 0 Å². The van der Waals surface area contributed by atoms with Crippen molar-refractivity contribution in [3.63, 3.8) is 0 Å². The van der Waals surface area contributed by atoms with Crippen LogP contribution in [0.5, 0.6) is 11.5 Å². The quantitative estimate of drug-likeness (QED) is 0.835. The molecule has 1 saturated carbocycles. The first-order valence-corrected chi connectivity index (χ1v) is 8.61. The maximum Gasteiger partial charge on any atom is 0.249 e. The molecule has 3 rings (SSSR count). The molecule has 0 bridgehead atoms. The fraction of sp³-hybridized carbons (Fsp3) is 0.556. The highest BCUT2D eigenvalue weighted by atomic mass is 16.5. The van der Waals surface area contributed by atoms with Gasteiger partial charge in [-0.2, -0.15) is 0 Å². The molecule has 0 spiro atoms. The average Bonchev–Trinajstić information content (AvgIpc) is 3.22. The highest BCUT2D eigenvalue weighted by Gasteiger charge is 2.41. The van der Waals surface area contributed by atoms with Gasteiger partial charge in [0, 0.05) is 24.7 Å². The molecule has 7 nitrogen and oxygen atoms in total. The Bertz CT molecular complexity index is 648. The second-order valence-electron chi connectivity index (χ2n) is 6.74. The number of anilines is 1. The lowest BCUT2D eigenvalue weighted by Gasteiger charge is -2.24. The molecule has 3 N–H and O–H groups in total.